The highest BCUT2D eigenvalue weighted by molar-refractivity contribution is 9.10. The third-order valence-electron chi connectivity index (χ3n) is 2.70. The standard InChI is InChI=1S/C12H12BrN3S/c13-9-3-11(17-7-9)6-14-10-4-15-12(16-5-10)8-1-2-8/h3-5,7-8,14H,1-2,6H2. The van der Waals surface area contributed by atoms with Gasteiger partial charge in [0.1, 0.15) is 5.82 Å². The van der Waals surface area contributed by atoms with Crippen molar-refractivity contribution in [3.8, 4) is 0 Å². The molecule has 0 atom stereocenters. The average Bonchev–Trinajstić information content (AvgIpc) is 3.11. The van der Waals surface area contributed by atoms with Crippen LogP contribution in [-0.4, -0.2) is 9.97 Å². The van der Waals surface area contributed by atoms with Crippen molar-refractivity contribution in [3.63, 3.8) is 0 Å². The van der Waals surface area contributed by atoms with E-state index in [0.29, 0.717) is 5.92 Å². The highest BCUT2D eigenvalue weighted by Crippen LogP contribution is 2.37. The molecule has 3 nitrogen and oxygen atoms in total. The van der Waals surface area contributed by atoms with E-state index < -0.39 is 0 Å². The van der Waals surface area contributed by atoms with Gasteiger partial charge in [-0.3, -0.25) is 0 Å². The maximum atomic E-state index is 4.38. The molecule has 1 aliphatic rings. The number of aromatic nitrogens is 2. The second-order valence-corrected chi connectivity index (χ2v) is 6.10. The van der Waals surface area contributed by atoms with Crippen LogP contribution < -0.4 is 5.32 Å². The Kier molecular flexibility index (Phi) is 3.11. The molecule has 1 fully saturated rings. The number of halogens is 1. The molecule has 5 heteroatoms. The van der Waals surface area contributed by atoms with E-state index in [1.807, 2.05) is 12.4 Å². The van der Waals surface area contributed by atoms with Gasteiger partial charge in [0.25, 0.3) is 0 Å². The SMILES string of the molecule is Brc1csc(CNc2cnc(C3CC3)nc2)c1. The predicted octanol–water partition coefficient (Wildman–Crippen LogP) is 3.79. The normalized spacial score (nSPS) is 14.9. The lowest BCUT2D eigenvalue weighted by Crippen LogP contribution is -2.00. The van der Waals surface area contributed by atoms with Gasteiger partial charge in [0.2, 0.25) is 0 Å². The molecule has 17 heavy (non-hydrogen) atoms. The fourth-order valence-corrected chi connectivity index (χ4v) is 3.01. The van der Waals surface area contributed by atoms with E-state index in [9.17, 15) is 0 Å². The van der Waals surface area contributed by atoms with E-state index in [-0.39, 0.29) is 0 Å². The molecular formula is C12H12BrN3S. The Morgan fingerprint density at radius 3 is 2.71 bits per heavy atom. The quantitative estimate of drug-likeness (QED) is 0.933. The van der Waals surface area contributed by atoms with Crippen molar-refractivity contribution >= 4 is 33.0 Å². The predicted molar refractivity (Wildman–Crippen MR) is 73.4 cm³/mol. The summed E-state index contributed by atoms with van der Waals surface area (Å²) in [5.74, 6) is 1.62. The minimum Gasteiger partial charge on any atom is -0.378 e. The number of nitrogens with one attached hydrogen (secondary N) is 1. The molecule has 0 spiro atoms. The molecule has 0 bridgehead atoms. The summed E-state index contributed by atoms with van der Waals surface area (Å²) in [5.41, 5.74) is 0.985. The summed E-state index contributed by atoms with van der Waals surface area (Å²) < 4.78 is 1.14. The summed E-state index contributed by atoms with van der Waals surface area (Å²) in [4.78, 5) is 10.1. The van der Waals surface area contributed by atoms with Crippen LogP contribution in [0.3, 0.4) is 0 Å². The number of hydrogen-bond acceptors (Lipinski definition) is 4. The molecule has 1 N–H and O–H groups in total. The summed E-state index contributed by atoms with van der Waals surface area (Å²) in [7, 11) is 0. The second-order valence-electron chi connectivity index (χ2n) is 4.19. The van der Waals surface area contributed by atoms with Gasteiger partial charge < -0.3 is 5.32 Å². The third-order valence-corrected chi connectivity index (χ3v) is 4.40. The largest absolute Gasteiger partial charge is 0.378 e. The van der Waals surface area contributed by atoms with E-state index in [1.54, 1.807) is 11.3 Å². The molecule has 2 aromatic rings. The van der Waals surface area contributed by atoms with Crippen LogP contribution in [-0.2, 0) is 6.54 Å². The van der Waals surface area contributed by atoms with Crippen LogP contribution in [0.1, 0.15) is 29.5 Å². The highest BCUT2D eigenvalue weighted by Gasteiger charge is 2.25. The van der Waals surface area contributed by atoms with E-state index in [0.717, 1.165) is 22.5 Å². The Bertz CT molecular complexity index is 505. The average molecular weight is 310 g/mol. The Morgan fingerprint density at radius 2 is 2.12 bits per heavy atom. The number of anilines is 1. The first-order chi connectivity index (χ1) is 8.31. The van der Waals surface area contributed by atoms with Gasteiger partial charge in [0, 0.05) is 27.2 Å². The van der Waals surface area contributed by atoms with Crippen molar-refractivity contribution in [2.45, 2.75) is 25.3 Å². The summed E-state index contributed by atoms with van der Waals surface area (Å²) in [5, 5.41) is 5.41. The van der Waals surface area contributed by atoms with Gasteiger partial charge in [0.05, 0.1) is 18.1 Å². The summed E-state index contributed by atoms with van der Waals surface area (Å²) in [6, 6.07) is 2.12. The molecule has 2 heterocycles. The second kappa shape index (κ2) is 4.74. The van der Waals surface area contributed by atoms with Gasteiger partial charge in [-0.25, -0.2) is 9.97 Å². The fraction of sp³-hybridized carbons (Fsp3) is 0.333. The Balaban J connectivity index is 1.60. The molecule has 1 saturated carbocycles. The van der Waals surface area contributed by atoms with E-state index >= 15 is 0 Å². The molecule has 88 valence electrons. The van der Waals surface area contributed by atoms with Crippen LogP contribution in [0.15, 0.2) is 28.3 Å². The first-order valence-corrected chi connectivity index (χ1v) is 7.27. The smallest absolute Gasteiger partial charge is 0.131 e. The number of rotatable bonds is 4. The Morgan fingerprint density at radius 1 is 1.35 bits per heavy atom. The lowest BCUT2D eigenvalue weighted by atomic mass is 10.4. The van der Waals surface area contributed by atoms with Gasteiger partial charge in [-0.1, -0.05) is 0 Å². The Labute approximate surface area is 112 Å². The third kappa shape index (κ3) is 2.84. The van der Waals surface area contributed by atoms with Crippen molar-refractivity contribution in [1.82, 2.24) is 9.97 Å². The Hall–Kier alpha value is -0.940. The van der Waals surface area contributed by atoms with Crippen LogP contribution in [0, 0.1) is 0 Å². The zero-order valence-corrected chi connectivity index (χ0v) is 11.6. The van der Waals surface area contributed by atoms with Gasteiger partial charge >= 0.3 is 0 Å². The first kappa shape index (κ1) is 11.2. The van der Waals surface area contributed by atoms with Crippen LogP contribution in [0.25, 0.3) is 0 Å². The molecule has 1 aliphatic carbocycles. The molecule has 2 aromatic heterocycles. The van der Waals surface area contributed by atoms with Crippen LogP contribution >= 0.6 is 27.3 Å². The zero-order chi connectivity index (χ0) is 11.7. The summed E-state index contributed by atoms with van der Waals surface area (Å²) in [6.07, 6.45) is 6.25. The van der Waals surface area contributed by atoms with Gasteiger partial charge in [-0.15, -0.1) is 11.3 Å². The van der Waals surface area contributed by atoms with E-state index in [2.05, 4.69) is 42.7 Å². The first-order valence-electron chi connectivity index (χ1n) is 5.60. The molecule has 0 aromatic carbocycles. The zero-order valence-electron chi connectivity index (χ0n) is 9.19. The molecule has 0 radical (unpaired) electrons. The van der Waals surface area contributed by atoms with Gasteiger partial charge in [0.15, 0.2) is 0 Å². The van der Waals surface area contributed by atoms with Crippen molar-refractivity contribution in [2.24, 2.45) is 0 Å². The lowest BCUT2D eigenvalue weighted by Gasteiger charge is -2.04. The van der Waals surface area contributed by atoms with Crippen molar-refractivity contribution < 1.29 is 0 Å². The number of nitrogens with zero attached hydrogens (tertiary/aromatic N) is 2. The van der Waals surface area contributed by atoms with Crippen LogP contribution in [0.4, 0.5) is 5.69 Å². The molecule has 0 amide bonds. The highest BCUT2D eigenvalue weighted by atomic mass is 79.9. The van der Waals surface area contributed by atoms with E-state index in [4.69, 9.17) is 0 Å². The van der Waals surface area contributed by atoms with Crippen molar-refractivity contribution in [2.75, 3.05) is 5.32 Å². The summed E-state index contributed by atoms with van der Waals surface area (Å²) >= 11 is 5.19. The van der Waals surface area contributed by atoms with Gasteiger partial charge in [-0.05, 0) is 34.8 Å². The molecule has 0 saturated heterocycles. The molecule has 0 aliphatic heterocycles. The summed E-state index contributed by atoms with van der Waals surface area (Å²) in [6.45, 7) is 0.822. The monoisotopic (exact) mass is 309 g/mol. The number of thiophene rings is 1. The molecular weight excluding hydrogens is 298 g/mol. The minimum atomic E-state index is 0.623. The topological polar surface area (TPSA) is 37.8 Å². The maximum absolute atomic E-state index is 4.38. The minimum absolute atomic E-state index is 0.623. The van der Waals surface area contributed by atoms with E-state index in [1.165, 1.54) is 17.7 Å². The van der Waals surface area contributed by atoms with Gasteiger partial charge in [-0.2, -0.15) is 0 Å². The van der Waals surface area contributed by atoms with Crippen LogP contribution in [0.2, 0.25) is 0 Å². The maximum Gasteiger partial charge on any atom is 0.131 e. The van der Waals surface area contributed by atoms with Crippen LogP contribution in [0.5, 0.6) is 0 Å². The van der Waals surface area contributed by atoms with Crippen molar-refractivity contribution in [3.05, 3.63) is 39.0 Å². The fourth-order valence-electron chi connectivity index (χ4n) is 1.62. The molecule has 0 unspecified atom stereocenters. The van der Waals surface area contributed by atoms with Crippen molar-refractivity contribution in [1.29, 1.82) is 0 Å². The lowest BCUT2D eigenvalue weighted by molar-refractivity contribution is 0.924. The number of hydrogen-bond donors (Lipinski definition) is 1. The molecule has 3 rings (SSSR count).